The lowest BCUT2D eigenvalue weighted by Crippen LogP contribution is -2.27. The Morgan fingerprint density at radius 1 is 1.10 bits per heavy atom. The third kappa shape index (κ3) is 4.84. The van der Waals surface area contributed by atoms with Crippen molar-refractivity contribution in [1.29, 1.82) is 0 Å². The zero-order valence-electron chi connectivity index (χ0n) is 15.7. The lowest BCUT2D eigenvalue weighted by molar-refractivity contribution is -0.385. The van der Waals surface area contributed by atoms with E-state index in [-0.39, 0.29) is 22.7 Å². The Hall–Kier alpha value is -3.01. The van der Waals surface area contributed by atoms with Crippen molar-refractivity contribution in [3.05, 3.63) is 92.0 Å². The number of nitrogens with zero attached hydrogens (tertiary/aromatic N) is 2. The largest absolute Gasteiger partial charge is 0.450 e. The zero-order chi connectivity index (χ0) is 22.0. The number of nitro benzene ring substituents is 1. The summed E-state index contributed by atoms with van der Waals surface area (Å²) in [6, 6.07) is 16.8. The molecule has 4 rings (SSSR count). The number of nitro groups is 1. The number of carbonyl (C=O) groups is 2. The van der Waals surface area contributed by atoms with Crippen LogP contribution in [0.2, 0.25) is 5.02 Å². The topological polar surface area (TPSA) is 93.7 Å². The van der Waals surface area contributed by atoms with E-state index in [2.05, 4.69) is 0 Å². The summed E-state index contributed by atoms with van der Waals surface area (Å²) in [5, 5.41) is 12.0. The van der Waals surface area contributed by atoms with E-state index in [1.807, 2.05) is 12.1 Å². The molecule has 2 amide bonds. The molecule has 1 aliphatic rings. The Morgan fingerprint density at radius 3 is 2.58 bits per heavy atom. The van der Waals surface area contributed by atoms with Crippen LogP contribution in [-0.4, -0.2) is 21.0 Å². The minimum Gasteiger partial charge on any atom is -0.450 e. The molecule has 0 bridgehead atoms. The zero-order valence-corrected chi connectivity index (χ0v) is 18.1. The molecule has 3 aromatic rings. The van der Waals surface area contributed by atoms with Crippen LogP contribution in [0.1, 0.15) is 11.3 Å². The van der Waals surface area contributed by atoms with Crippen LogP contribution >= 0.6 is 35.1 Å². The highest BCUT2D eigenvalue weighted by molar-refractivity contribution is 8.18. The lowest BCUT2D eigenvalue weighted by Gasteiger charge is -2.12. The summed E-state index contributed by atoms with van der Waals surface area (Å²) in [7, 11) is 0. The number of para-hydroxylation sites is 1. The normalized spacial score (nSPS) is 15.1. The summed E-state index contributed by atoms with van der Waals surface area (Å²) in [6.45, 7) is -0.172. The van der Waals surface area contributed by atoms with E-state index in [1.165, 1.54) is 36.0 Å². The van der Waals surface area contributed by atoms with Gasteiger partial charge in [-0.25, -0.2) is 0 Å². The molecule has 1 fully saturated rings. The van der Waals surface area contributed by atoms with Gasteiger partial charge in [0.1, 0.15) is 5.76 Å². The first-order chi connectivity index (χ1) is 14.9. The molecule has 2 heterocycles. The van der Waals surface area contributed by atoms with Crippen LogP contribution in [0.25, 0.3) is 6.08 Å². The first kappa shape index (κ1) is 21.2. The Kier molecular flexibility index (Phi) is 6.17. The number of imide groups is 1. The van der Waals surface area contributed by atoms with Crippen LogP contribution < -0.4 is 0 Å². The molecule has 1 aliphatic heterocycles. The summed E-state index contributed by atoms with van der Waals surface area (Å²) in [4.78, 5) is 37.9. The van der Waals surface area contributed by atoms with Gasteiger partial charge in [-0.2, -0.15) is 0 Å². The molecule has 0 spiro atoms. The molecule has 31 heavy (non-hydrogen) atoms. The molecule has 1 aromatic heterocycles. The Morgan fingerprint density at radius 2 is 1.84 bits per heavy atom. The number of benzene rings is 2. The molecule has 156 valence electrons. The lowest BCUT2D eigenvalue weighted by atomic mass is 10.1. The quantitative estimate of drug-likeness (QED) is 0.238. The van der Waals surface area contributed by atoms with E-state index in [0.29, 0.717) is 15.9 Å². The number of furan rings is 1. The fourth-order valence-electron chi connectivity index (χ4n) is 2.84. The second kappa shape index (κ2) is 9.01. The van der Waals surface area contributed by atoms with E-state index < -0.39 is 16.1 Å². The molecular formula is C21H13ClN2O5S2. The fraction of sp³-hybridized carbons (Fsp3) is 0.0476. The molecule has 0 saturated carbocycles. The average Bonchev–Trinajstić information content (AvgIpc) is 3.29. The van der Waals surface area contributed by atoms with Crippen molar-refractivity contribution < 1.29 is 18.9 Å². The number of thioether (sulfide) groups is 1. The summed E-state index contributed by atoms with van der Waals surface area (Å²) in [5.74, 6) is -0.0934. The number of carbonyl (C=O) groups excluding carboxylic acids is 2. The molecule has 0 aliphatic carbocycles. The molecule has 1 saturated heterocycles. The molecule has 0 radical (unpaired) electrons. The molecule has 0 unspecified atom stereocenters. The van der Waals surface area contributed by atoms with Gasteiger partial charge < -0.3 is 4.42 Å². The smallest absolute Gasteiger partial charge is 0.293 e. The van der Waals surface area contributed by atoms with E-state index in [1.54, 1.807) is 30.3 Å². The average molecular weight is 473 g/mol. The molecule has 2 aromatic carbocycles. The standard InChI is InChI=1S/C21H13ClN2O5S2/c22-14-5-8-16(9-6-14)30-19-10-7-15(29-19)11-18-20(25)23(21(26)31-18)12-13-3-1-2-4-17(13)24(27)28/h1-11H,12H2/b18-11-. The molecule has 0 atom stereocenters. The first-order valence-corrected chi connectivity index (χ1v) is 10.9. The van der Waals surface area contributed by atoms with E-state index in [9.17, 15) is 19.7 Å². The van der Waals surface area contributed by atoms with E-state index in [0.717, 1.165) is 21.6 Å². The number of hydrogen-bond donors (Lipinski definition) is 0. The van der Waals surface area contributed by atoms with Crippen molar-refractivity contribution in [2.45, 2.75) is 16.5 Å². The van der Waals surface area contributed by atoms with Crippen molar-refractivity contribution in [3.8, 4) is 0 Å². The van der Waals surface area contributed by atoms with Gasteiger partial charge in [-0.1, -0.05) is 41.6 Å². The van der Waals surface area contributed by atoms with Crippen LogP contribution in [0, 0.1) is 10.1 Å². The third-order valence-corrected chi connectivity index (χ3v) is 6.39. The minimum absolute atomic E-state index is 0.138. The van der Waals surface area contributed by atoms with Gasteiger partial charge in [0, 0.05) is 27.6 Å². The van der Waals surface area contributed by atoms with Crippen molar-refractivity contribution >= 4 is 58.0 Å². The maximum atomic E-state index is 12.7. The summed E-state index contributed by atoms with van der Waals surface area (Å²) in [6.07, 6.45) is 1.50. The first-order valence-electron chi connectivity index (χ1n) is 8.91. The Bertz CT molecular complexity index is 1210. The van der Waals surface area contributed by atoms with Crippen LogP contribution in [0.4, 0.5) is 10.5 Å². The van der Waals surface area contributed by atoms with Gasteiger partial charge in [0.2, 0.25) is 0 Å². The van der Waals surface area contributed by atoms with Crippen molar-refractivity contribution in [3.63, 3.8) is 0 Å². The van der Waals surface area contributed by atoms with Gasteiger partial charge in [-0.05, 0) is 48.2 Å². The molecule has 7 nitrogen and oxygen atoms in total. The maximum absolute atomic E-state index is 12.7. The molecule has 0 N–H and O–H groups in total. The Balaban J connectivity index is 1.49. The SMILES string of the molecule is O=C1S/C(=C\c2ccc(Sc3ccc(Cl)cc3)o2)C(=O)N1Cc1ccccc1[N+](=O)[O-]. The maximum Gasteiger partial charge on any atom is 0.293 e. The Labute approximate surface area is 190 Å². The monoisotopic (exact) mass is 472 g/mol. The number of rotatable bonds is 6. The van der Waals surface area contributed by atoms with Gasteiger partial charge in [0.25, 0.3) is 16.8 Å². The van der Waals surface area contributed by atoms with E-state index >= 15 is 0 Å². The third-order valence-electron chi connectivity index (χ3n) is 4.30. The van der Waals surface area contributed by atoms with Crippen molar-refractivity contribution in [2.75, 3.05) is 0 Å². The van der Waals surface area contributed by atoms with Crippen LogP contribution in [0.5, 0.6) is 0 Å². The predicted molar refractivity (Wildman–Crippen MR) is 119 cm³/mol. The van der Waals surface area contributed by atoms with Crippen molar-refractivity contribution in [1.82, 2.24) is 4.90 Å². The van der Waals surface area contributed by atoms with Gasteiger partial charge in [-0.15, -0.1) is 0 Å². The second-order valence-electron chi connectivity index (χ2n) is 6.37. The summed E-state index contributed by atoms with van der Waals surface area (Å²) in [5.41, 5.74) is 0.149. The van der Waals surface area contributed by atoms with Crippen LogP contribution in [0.15, 0.2) is 80.0 Å². The van der Waals surface area contributed by atoms with Crippen LogP contribution in [-0.2, 0) is 11.3 Å². The summed E-state index contributed by atoms with van der Waals surface area (Å²) >= 11 is 8.05. The van der Waals surface area contributed by atoms with Gasteiger partial charge in [0.15, 0.2) is 5.09 Å². The molecule has 10 heteroatoms. The molecular weight excluding hydrogens is 460 g/mol. The van der Waals surface area contributed by atoms with Crippen LogP contribution in [0.3, 0.4) is 0 Å². The van der Waals surface area contributed by atoms with E-state index in [4.69, 9.17) is 16.0 Å². The fourth-order valence-corrected chi connectivity index (χ4v) is 4.57. The second-order valence-corrected chi connectivity index (χ2v) is 8.87. The summed E-state index contributed by atoms with van der Waals surface area (Å²) < 4.78 is 5.74. The number of hydrogen-bond acceptors (Lipinski definition) is 7. The highest BCUT2D eigenvalue weighted by atomic mass is 35.5. The number of amides is 2. The number of halogens is 1. The highest BCUT2D eigenvalue weighted by Gasteiger charge is 2.36. The van der Waals surface area contributed by atoms with Crippen molar-refractivity contribution in [2.24, 2.45) is 0 Å². The van der Waals surface area contributed by atoms with Gasteiger partial charge >= 0.3 is 0 Å². The van der Waals surface area contributed by atoms with Gasteiger partial charge in [0.05, 0.1) is 16.4 Å². The highest BCUT2D eigenvalue weighted by Crippen LogP contribution is 2.36. The predicted octanol–water partition coefficient (Wildman–Crippen LogP) is 6.23. The minimum atomic E-state index is -0.535. The van der Waals surface area contributed by atoms with Gasteiger partial charge in [-0.3, -0.25) is 24.6 Å².